The Kier molecular flexibility index (Phi) is 3.36. The normalized spacial score (nSPS) is 10.3. The van der Waals surface area contributed by atoms with Gasteiger partial charge in [-0.25, -0.2) is 0 Å². The van der Waals surface area contributed by atoms with Crippen LogP contribution in [-0.2, 0) is 5.75 Å². The Morgan fingerprint density at radius 2 is 2.31 bits per heavy atom. The molecule has 0 N–H and O–H groups in total. The van der Waals surface area contributed by atoms with E-state index in [1.165, 1.54) is 0 Å². The van der Waals surface area contributed by atoms with Crippen LogP contribution >= 0.6 is 11.8 Å². The zero-order valence-corrected chi connectivity index (χ0v) is 9.53. The molecule has 0 aliphatic heterocycles. The molecule has 0 saturated heterocycles. The van der Waals surface area contributed by atoms with E-state index in [1.54, 1.807) is 24.8 Å². The quantitative estimate of drug-likeness (QED) is 0.601. The minimum absolute atomic E-state index is 0.567. The smallest absolute Gasteiger partial charge is 0.226 e. The molecular formula is C11H10N2O2S. The van der Waals surface area contributed by atoms with Crippen LogP contribution in [0.5, 0.6) is 0 Å². The maximum atomic E-state index is 10.6. The Balaban J connectivity index is 2.01. The first-order valence-electron chi connectivity index (χ1n) is 4.75. The van der Waals surface area contributed by atoms with E-state index >= 15 is 0 Å². The van der Waals surface area contributed by atoms with E-state index in [-0.39, 0.29) is 0 Å². The van der Waals surface area contributed by atoms with Crippen molar-refractivity contribution in [3.8, 4) is 0 Å². The lowest BCUT2D eigenvalue weighted by atomic mass is 10.2. The highest BCUT2D eigenvalue weighted by molar-refractivity contribution is 7.98. The van der Waals surface area contributed by atoms with Crippen LogP contribution < -0.4 is 0 Å². The van der Waals surface area contributed by atoms with Crippen LogP contribution in [0.3, 0.4) is 0 Å². The van der Waals surface area contributed by atoms with Crippen molar-refractivity contribution in [1.29, 1.82) is 0 Å². The van der Waals surface area contributed by atoms with Gasteiger partial charge in [-0.15, -0.1) is 22.0 Å². The summed E-state index contributed by atoms with van der Waals surface area (Å²) in [6.07, 6.45) is 0.834. The number of aldehydes is 1. The van der Waals surface area contributed by atoms with Gasteiger partial charge in [-0.2, -0.15) is 0 Å². The molecule has 2 rings (SSSR count). The fraction of sp³-hybridized carbons (Fsp3) is 0.182. The summed E-state index contributed by atoms with van der Waals surface area (Å²) in [5, 5.41) is 7.64. The van der Waals surface area contributed by atoms with Crippen LogP contribution in [-0.4, -0.2) is 16.5 Å². The van der Waals surface area contributed by atoms with E-state index in [1.807, 2.05) is 18.2 Å². The van der Waals surface area contributed by atoms with Gasteiger partial charge in [-0.05, 0) is 12.1 Å². The third kappa shape index (κ3) is 2.70. The van der Waals surface area contributed by atoms with Crippen molar-refractivity contribution < 1.29 is 9.21 Å². The van der Waals surface area contributed by atoms with Gasteiger partial charge in [0.05, 0.1) is 5.75 Å². The van der Waals surface area contributed by atoms with E-state index in [4.69, 9.17) is 4.42 Å². The number of aromatic nitrogens is 2. The summed E-state index contributed by atoms with van der Waals surface area (Å²) < 4.78 is 5.25. The lowest BCUT2D eigenvalue weighted by molar-refractivity contribution is 0.112. The second kappa shape index (κ2) is 4.94. The van der Waals surface area contributed by atoms with Gasteiger partial charge in [0.25, 0.3) is 0 Å². The lowest BCUT2D eigenvalue weighted by Crippen LogP contribution is -1.83. The van der Waals surface area contributed by atoms with E-state index < -0.39 is 0 Å². The molecule has 82 valence electrons. The van der Waals surface area contributed by atoms with Crippen molar-refractivity contribution >= 4 is 18.0 Å². The molecule has 4 nitrogen and oxygen atoms in total. The summed E-state index contributed by atoms with van der Waals surface area (Å²) in [5.41, 5.74) is 0.673. The van der Waals surface area contributed by atoms with Crippen LogP contribution in [0.4, 0.5) is 0 Å². The number of carbonyl (C=O) groups excluding carboxylic acids is 1. The molecular weight excluding hydrogens is 224 g/mol. The summed E-state index contributed by atoms with van der Waals surface area (Å²) >= 11 is 1.56. The number of benzene rings is 1. The predicted octanol–water partition coefficient (Wildman–Crippen LogP) is 2.48. The number of thioether (sulfide) groups is 1. The van der Waals surface area contributed by atoms with Crippen molar-refractivity contribution in [2.45, 2.75) is 17.6 Å². The summed E-state index contributed by atoms with van der Waals surface area (Å²) in [4.78, 5) is 11.6. The Bertz CT molecular complexity index is 496. The van der Waals surface area contributed by atoms with Gasteiger partial charge in [0, 0.05) is 17.4 Å². The van der Waals surface area contributed by atoms with Gasteiger partial charge >= 0.3 is 0 Å². The van der Waals surface area contributed by atoms with E-state index in [0.717, 1.165) is 11.2 Å². The van der Waals surface area contributed by atoms with Crippen molar-refractivity contribution in [3.05, 3.63) is 41.6 Å². The van der Waals surface area contributed by atoms with Gasteiger partial charge in [-0.3, -0.25) is 4.79 Å². The van der Waals surface area contributed by atoms with Crippen molar-refractivity contribution in [2.24, 2.45) is 0 Å². The highest BCUT2D eigenvalue weighted by Gasteiger charge is 2.03. The Labute approximate surface area is 97.1 Å². The molecule has 0 amide bonds. The number of hydrogen-bond donors (Lipinski definition) is 0. The molecule has 0 bridgehead atoms. The minimum atomic E-state index is 0.567. The number of hydrogen-bond acceptors (Lipinski definition) is 5. The SMILES string of the molecule is Cc1nnc(CSc2cccc(C=O)c2)o1. The van der Waals surface area contributed by atoms with Crippen LogP contribution in [0.2, 0.25) is 0 Å². The standard InChI is InChI=1S/C11H10N2O2S/c1-8-12-13-11(15-8)7-16-10-4-2-3-9(5-10)6-14/h2-6H,7H2,1H3. The number of aryl methyl sites for hydroxylation is 1. The maximum absolute atomic E-state index is 10.6. The molecule has 0 unspecified atom stereocenters. The molecule has 1 heterocycles. The fourth-order valence-corrected chi connectivity index (χ4v) is 2.02. The molecule has 0 aliphatic rings. The molecule has 0 atom stereocenters. The Morgan fingerprint density at radius 3 is 3.00 bits per heavy atom. The highest BCUT2D eigenvalue weighted by atomic mass is 32.2. The minimum Gasteiger partial charge on any atom is -0.425 e. The highest BCUT2D eigenvalue weighted by Crippen LogP contribution is 2.22. The maximum Gasteiger partial charge on any atom is 0.226 e. The Morgan fingerprint density at radius 1 is 1.44 bits per heavy atom. The molecule has 0 aliphatic carbocycles. The zero-order valence-electron chi connectivity index (χ0n) is 8.71. The molecule has 0 radical (unpaired) electrons. The first-order valence-corrected chi connectivity index (χ1v) is 5.73. The molecule has 5 heteroatoms. The summed E-state index contributed by atoms with van der Waals surface area (Å²) in [5.74, 6) is 1.78. The first kappa shape index (κ1) is 10.9. The number of carbonyl (C=O) groups is 1. The van der Waals surface area contributed by atoms with Crippen LogP contribution in [0.1, 0.15) is 22.1 Å². The molecule has 0 fully saturated rings. The van der Waals surface area contributed by atoms with Gasteiger partial charge < -0.3 is 4.42 Å². The van der Waals surface area contributed by atoms with Crippen LogP contribution in [0.15, 0.2) is 33.6 Å². The largest absolute Gasteiger partial charge is 0.425 e. The van der Waals surface area contributed by atoms with Gasteiger partial charge in [0.2, 0.25) is 11.8 Å². The lowest BCUT2D eigenvalue weighted by Gasteiger charge is -1.98. The van der Waals surface area contributed by atoms with Gasteiger partial charge in [-0.1, -0.05) is 12.1 Å². The summed E-state index contributed by atoms with van der Waals surface area (Å²) in [7, 11) is 0. The molecule has 1 aromatic carbocycles. The van der Waals surface area contributed by atoms with Crippen LogP contribution in [0.25, 0.3) is 0 Å². The van der Waals surface area contributed by atoms with Crippen molar-refractivity contribution in [1.82, 2.24) is 10.2 Å². The van der Waals surface area contributed by atoms with Crippen molar-refractivity contribution in [3.63, 3.8) is 0 Å². The van der Waals surface area contributed by atoms with Gasteiger partial charge in [0.15, 0.2) is 0 Å². The molecule has 16 heavy (non-hydrogen) atoms. The first-order chi connectivity index (χ1) is 7.78. The topological polar surface area (TPSA) is 56.0 Å². The van der Waals surface area contributed by atoms with E-state index in [0.29, 0.717) is 23.1 Å². The third-order valence-electron chi connectivity index (χ3n) is 1.92. The number of rotatable bonds is 4. The number of nitrogens with zero attached hydrogens (tertiary/aromatic N) is 2. The predicted molar refractivity (Wildman–Crippen MR) is 60.4 cm³/mol. The van der Waals surface area contributed by atoms with E-state index in [9.17, 15) is 4.79 Å². The van der Waals surface area contributed by atoms with E-state index in [2.05, 4.69) is 10.2 Å². The average Bonchev–Trinajstić information content (AvgIpc) is 2.73. The summed E-state index contributed by atoms with van der Waals surface area (Å²) in [6, 6.07) is 7.40. The monoisotopic (exact) mass is 234 g/mol. The fourth-order valence-electron chi connectivity index (χ4n) is 1.22. The second-order valence-electron chi connectivity index (χ2n) is 3.19. The zero-order chi connectivity index (χ0) is 11.4. The molecule has 2 aromatic rings. The average molecular weight is 234 g/mol. The van der Waals surface area contributed by atoms with Gasteiger partial charge in [0.1, 0.15) is 6.29 Å². The molecule has 0 saturated carbocycles. The molecule has 0 spiro atoms. The molecule has 1 aromatic heterocycles. The second-order valence-corrected chi connectivity index (χ2v) is 4.24. The summed E-state index contributed by atoms with van der Waals surface area (Å²) in [6.45, 7) is 1.76. The Hall–Kier alpha value is -1.62. The van der Waals surface area contributed by atoms with Crippen molar-refractivity contribution in [2.75, 3.05) is 0 Å². The van der Waals surface area contributed by atoms with Crippen LogP contribution in [0, 0.1) is 6.92 Å². The third-order valence-corrected chi connectivity index (χ3v) is 2.90.